The molecule has 4 N–H and O–H groups in total. The molecule has 2 aromatic heterocycles. The van der Waals surface area contributed by atoms with E-state index in [1.54, 1.807) is 24.3 Å². The molecule has 1 aliphatic rings. The Morgan fingerprint density at radius 1 is 1.18 bits per heavy atom. The van der Waals surface area contributed by atoms with Crippen LogP contribution in [0.4, 0.5) is 14.5 Å². The van der Waals surface area contributed by atoms with Gasteiger partial charge in [0, 0.05) is 40.5 Å². The van der Waals surface area contributed by atoms with Gasteiger partial charge >= 0.3 is 0 Å². The summed E-state index contributed by atoms with van der Waals surface area (Å²) in [7, 11) is -3.62. The first-order valence-electron chi connectivity index (χ1n) is 12.1. The number of imidazole rings is 1. The highest BCUT2D eigenvalue weighted by Gasteiger charge is 2.30. The number of hydrogen-bond donors (Lipinski definition) is 3. The maximum absolute atomic E-state index is 13.3. The van der Waals surface area contributed by atoms with Gasteiger partial charge in [-0.2, -0.15) is 0 Å². The van der Waals surface area contributed by atoms with E-state index in [1.807, 2.05) is 10.6 Å². The maximum atomic E-state index is 13.3. The van der Waals surface area contributed by atoms with Gasteiger partial charge < -0.3 is 10.6 Å². The third-order valence-corrected chi connectivity index (χ3v) is 9.07. The topological polar surface area (TPSA) is 136 Å². The van der Waals surface area contributed by atoms with Gasteiger partial charge in [-0.05, 0) is 49.6 Å². The van der Waals surface area contributed by atoms with Crippen molar-refractivity contribution in [2.24, 2.45) is 5.14 Å². The van der Waals surface area contributed by atoms with Crippen molar-refractivity contribution in [1.29, 1.82) is 0 Å². The van der Waals surface area contributed by atoms with Gasteiger partial charge in [0.1, 0.15) is 17.7 Å². The number of fused-ring (bicyclic) bond motifs is 3. The summed E-state index contributed by atoms with van der Waals surface area (Å²) in [5.74, 6) is -2.56. The van der Waals surface area contributed by atoms with Gasteiger partial charge in [-0.3, -0.25) is 14.0 Å². The average molecular weight is 574 g/mol. The summed E-state index contributed by atoms with van der Waals surface area (Å²) in [5, 5.41) is 10.0. The highest BCUT2D eigenvalue weighted by Crippen LogP contribution is 2.33. The summed E-state index contributed by atoms with van der Waals surface area (Å²) < 4.78 is 52.3. The van der Waals surface area contributed by atoms with E-state index in [0.717, 1.165) is 39.3 Å². The van der Waals surface area contributed by atoms with Crippen LogP contribution in [0.25, 0.3) is 16.2 Å². The van der Waals surface area contributed by atoms with E-state index in [4.69, 9.17) is 10.1 Å². The minimum absolute atomic E-state index is 0.164. The summed E-state index contributed by atoms with van der Waals surface area (Å²) in [6.45, 7) is 1.51. The lowest BCUT2D eigenvalue weighted by molar-refractivity contribution is -0.125. The van der Waals surface area contributed by atoms with Crippen LogP contribution >= 0.6 is 11.3 Å². The molecule has 2 atom stereocenters. The fourth-order valence-corrected chi connectivity index (χ4v) is 6.58. The number of aromatic nitrogens is 2. The van der Waals surface area contributed by atoms with Crippen molar-refractivity contribution in [1.82, 2.24) is 14.7 Å². The number of carbonyl (C=O) groups excluding carboxylic acids is 2. The number of anilines is 1. The Hall–Kier alpha value is -3.68. The number of thiazole rings is 1. The van der Waals surface area contributed by atoms with E-state index in [-0.39, 0.29) is 12.0 Å². The minimum atomic E-state index is -3.62. The molecule has 1 aliphatic carbocycles. The Morgan fingerprint density at radius 3 is 2.54 bits per heavy atom. The molecule has 4 aromatic rings. The lowest BCUT2D eigenvalue weighted by atomic mass is 10.0. The van der Waals surface area contributed by atoms with Crippen LogP contribution in [0.5, 0.6) is 0 Å². The molecule has 5 rings (SSSR count). The second-order valence-corrected chi connectivity index (χ2v) is 12.4. The SMILES string of the molecule is C[C@H](NC(=O)Cc1cc(F)cc(F)c1)C(=O)Nc1ccc(-c2cn3c4c(sc3n2)CCC(S(N)(=O)=O)C4)cc1. The van der Waals surface area contributed by atoms with Crippen molar-refractivity contribution in [3.05, 3.63) is 76.4 Å². The van der Waals surface area contributed by atoms with Crippen molar-refractivity contribution in [3.8, 4) is 11.3 Å². The zero-order valence-corrected chi connectivity index (χ0v) is 22.4. The number of carbonyl (C=O) groups is 2. The van der Waals surface area contributed by atoms with E-state index >= 15 is 0 Å². The first kappa shape index (κ1) is 26.9. The fourth-order valence-electron chi connectivity index (χ4n) is 4.60. The van der Waals surface area contributed by atoms with Gasteiger partial charge in [-0.25, -0.2) is 27.3 Å². The average Bonchev–Trinajstić information content (AvgIpc) is 3.41. The molecule has 0 saturated carbocycles. The number of benzene rings is 2. The quantitative estimate of drug-likeness (QED) is 0.312. The predicted molar refractivity (Wildman–Crippen MR) is 144 cm³/mol. The van der Waals surface area contributed by atoms with Gasteiger partial charge in [-0.1, -0.05) is 12.1 Å². The summed E-state index contributed by atoms with van der Waals surface area (Å²) in [6.07, 6.45) is 3.10. The van der Waals surface area contributed by atoms with E-state index < -0.39 is 44.8 Å². The van der Waals surface area contributed by atoms with Crippen molar-refractivity contribution in [2.45, 2.75) is 43.9 Å². The third-order valence-electron chi connectivity index (χ3n) is 6.59. The minimum Gasteiger partial charge on any atom is -0.344 e. The molecule has 204 valence electrons. The van der Waals surface area contributed by atoms with E-state index in [1.165, 1.54) is 18.3 Å². The summed E-state index contributed by atoms with van der Waals surface area (Å²) in [6, 6.07) is 8.96. The van der Waals surface area contributed by atoms with Crippen LogP contribution in [0.2, 0.25) is 0 Å². The maximum Gasteiger partial charge on any atom is 0.246 e. The molecule has 1 unspecified atom stereocenters. The molecule has 2 heterocycles. The number of nitrogens with two attached hydrogens (primary N) is 1. The molecule has 2 amide bonds. The van der Waals surface area contributed by atoms with Crippen molar-refractivity contribution in [2.75, 3.05) is 5.32 Å². The number of hydrogen-bond acceptors (Lipinski definition) is 6. The van der Waals surface area contributed by atoms with Gasteiger partial charge in [0.15, 0.2) is 4.96 Å². The fraction of sp³-hybridized carbons (Fsp3) is 0.269. The number of primary sulfonamides is 1. The van der Waals surface area contributed by atoms with Gasteiger partial charge in [0.05, 0.1) is 17.4 Å². The standard InChI is InChI=1S/C26H25F2N5O4S2/c1-14(30-24(34)10-15-8-17(27)11-18(28)9-15)25(35)31-19-4-2-16(3-5-19)21-13-33-22-12-20(39(29,36)37)6-7-23(22)38-26(33)32-21/h2-5,8-9,11,13-14,20H,6-7,10,12H2,1H3,(H,30,34)(H,31,35)(H2,29,36,37)/t14-,20?/m0/s1. The molecule has 13 heteroatoms. The second-order valence-electron chi connectivity index (χ2n) is 9.51. The summed E-state index contributed by atoms with van der Waals surface area (Å²) >= 11 is 1.54. The summed E-state index contributed by atoms with van der Waals surface area (Å²) in [4.78, 5) is 31.4. The monoisotopic (exact) mass is 573 g/mol. The normalized spacial score (nSPS) is 16.1. The Bertz CT molecular complexity index is 1660. The Labute approximate surface area is 227 Å². The van der Waals surface area contributed by atoms with E-state index in [2.05, 4.69) is 10.6 Å². The van der Waals surface area contributed by atoms with Crippen LogP contribution in [-0.4, -0.2) is 40.9 Å². The van der Waals surface area contributed by atoms with Crippen LogP contribution in [-0.2, 0) is 38.9 Å². The number of nitrogens with one attached hydrogen (secondary N) is 2. The first-order valence-corrected chi connectivity index (χ1v) is 14.6. The van der Waals surface area contributed by atoms with Crippen LogP contribution < -0.4 is 15.8 Å². The molecule has 0 spiro atoms. The van der Waals surface area contributed by atoms with Gasteiger partial charge in [0.25, 0.3) is 0 Å². The van der Waals surface area contributed by atoms with Crippen molar-refractivity contribution in [3.63, 3.8) is 0 Å². The van der Waals surface area contributed by atoms with E-state index in [0.29, 0.717) is 30.6 Å². The van der Waals surface area contributed by atoms with Gasteiger partial charge in [-0.15, -0.1) is 11.3 Å². The van der Waals surface area contributed by atoms with Crippen LogP contribution in [0, 0.1) is 11.6 Å². The molecule has 9 nitrogen and oxygen atoms in total. The Balaban J connectivity index is 1.21. The van der Waals surface area contributed by atoms with E-state index in [9.17, 15) is 26.8 Å². The van der Waals surface area contributed by atoms with Crippen LogP contribution in [0.3, 0.4) is 0 Å². The lowest BCUT2D eigenvalue weighted by Crippen LogP contribution is -2.42. The molecule has 0 aliphatic heterocycles. The molecule has 2 aromatic carbocycles. The van der Waals surface area contributed by atoms with Crippen molar-refractivity contribution >= 4 is 43.8 Å². The zero-order valence-electron chi connectivity index (χ0n) is 20.8. The Kier molecular flexibility index (Phi) is 7.23. The number of nitrogens with zero attached hydrogens (tertiary/aromatic N) is 2. The highest BCUT2D eigenvalue weighted by molar-refractivity contribution is 7.89. The molecule has 0 saturated heterocycles. The molecule has 0 fully saturated rings. The highest BCUT2D eigenvalue weighted by atomic mass is 32.2. The molecule has 0 radical (unpaired) electrons. The first-order chi connectivity index (χ1) is 18.5. The number of rotatable bonds is 7. The van der Waals surface area contributed by atoms with Crippen LogP contribution in [0.1, 0.15) is 29.5 Å². The van der Waals surface area contributed by atoms with Crippen LogP contribution in [0.15, 0.2) is 48.7 Å². The number of aryl methyl sites for hydroxylation is 1. The predicted octanol–water partition coefficient (Wildman–Crippen LogP) is 3.17. The molecule has 39 heavy (non-hydrogen) atoms. The number of sulfonamides is 1. The largest absolute Gasteiger partial charge is 0.344 e. The summed E-state index contributed by atoms with van der Waals surface area (Å²) in [5.41, 5.74) is 3.10. The lowest BCUT2D eigenvalue weighted by Gasteiger charge is -2.19. The second kappa shape index (κ2) is 10.5. The smallest absolute Gasteiger partial charge is 0.246 e. The molecule has 0 bridgehead atoms. The third kappa shape index (κ3) is 6.00. The number of amides is 2. The molecular formula is C26H25F2N5O4S2. The Morgan fingerprint density at radius 2 is 1.87 bits per heavy atom. The number of halogens is 2. The molecular weight excluding hydrogens is 548 g/mol. The van der Waals surface area contributed by atoms with Crippen molar-refractivity contribution < 1.29 is 26.8 Å². The van der Waals surface area contributed by atoms with Gasteiger partial charge in [0.2, 0.25) is 21.8 Å². The zero-order chi connectivity index (χ0) is 27.9.